The number of benzene rings is 1. The molecule has 1 rings (SSSR count). The lowest BCUT2D eigenvalue weighted by molar-refractivity contribution is -0.139. The Kier molecular flexibility index (Phi) is 7.75. The molecule has 1 atom stereocenters. The van der Waals surface area contributed by atoms with Crippen molar-refractivity contribution >= 4 is 27.5 Å². The van der Waals surface area contributed by atoms with Crippen LogP contribution in [0.1, 0.15) is 33.6 Å². The third-order valence-corrected chi connectivity index (χ3v) is 3.45. The summed E-state index contributed by atoms with van der Waals surface area (Å²) in [6.45, 7) is 6.91. The van der Waals surface area contributed by atoms with Crippen LogP contribution in [0, 0.1) is 0 Å². The fourth-order valence-electron chi connectivity index (χ4n) is 2.10. The first-order chi connectivity index (χ1) is 10.1. The summed E-state index contributed by atoms with van der Waals surface area (Å²) >= 11 is 3.31. The van der Waals surface area contributed by atoms with Gasteiger partial charge in [-0.05, 0) is 44.5 Å². The summed E-state index contributed by atoms with van der Waals surface area (Å²) in [5.41, 5.74) is -0.0394. The van der Waals surface area contributed by atoms with Crippen LogP contribution in [0.15, 0.2) is 24.3 Å². The minimum atomic E-state index is -0.783. The van der Waals surface area contributed by atoms with Gasteiger partial charge in [-0.1, -0.05) is 29.3 Å². The highest BCUT2D eigenvalue weighted by Gasteiger charge is 2.32. The Bertz CT molecular complexity index is 428. The Morgan fingerprint density at radius 2 is 1.95 bits per heavy atom. The van der Waals surface area contributed by atoms with Crippen LogP contribution < -0.4 is 10.1 Å². The second-order valence-electron chi connectivity index (χ2n) is 4.93. The van der Waals surface area contributed by atoms with E-state index in [9.17, 15) is 4.79 Å². The lowest BCUT2D eigenvalue weighted by atomic mass is 9.99. The molecule has 0 bridgehead atoms. The number of amides is 1. The van der Waals surface area contributed by atoms with Crippen LogP contribution >= 0.6 is 15.9 Å². The number of anilines is 1. The Balaban J connectivity index is 2.68. The average molecular weight is 358 g/mol. The predicted molar refractivity (Wildman–Crippen MR) is 89.3 cm³/mol. The number of halogens is 1. The van der Waals surface area contributed by atoms with E-state index in [1.165, 1.54) is 0 Å². The van der Waals surface area contributed by atoms with Crippen LogP contribution in [0.2, 0.25) is 0 Å². The minimum absolute atomic E-state index is 0.111. The van der Waals surface area contributed by atoms with E-state index in [0.29, 0.717) is 19.6 Å². The van der Waals surface area contributed by atoms with E-state index in [1.807, 2.05) is 45.0 Å². The van der Waals surface area contributed by atoms with Crippen molar-refractivity contribution in [1.82, 2.24) is 0 Å². The molecule has 0 heterocycles. The molecule has 0 spiro atoms. The van der Waals surface area contributed by atoms with E-state index in [4.69, 9.17) is 9.47 Å². The minimum Gasteiger partial charge on any atom is -0.493 e. The summed E-state index contributed by atoms with van der Waals surface area (Å²) in [6, 6.07) is 7.35. The van der Waals surface area contributed by atoms with Crippen molar-refractivity contribution < 1.29 is 14.3 Å². The molecule has 0 fully saturated rings. The molecule has 118 valence electrons. The number of nitrogens with one attached hydrogen (secondary N) is 1. The molecule has 0 aromatic heterocycles. The van der Waals surface area contributed by atoms with Crippen LogP contribution in [0.5, 0.6) is 5.75 Å². The molecule has 0 aliphatic heterocycles. The first-order valence-corrected chi connectivity index (χ1v) is 8.42. The Morgan fingerprint density at radius 1 is 1.29 bits per heavy atom. The lowest BCUT2D eigenvalue weighted by Gasteiger charge is -2.27. The zero-order valence-corrected chi connectivity index (χ0v) is 14.5. The van der Waals surface area contributed by atoms with Gasteiger partial charge in [0.25, 0.3) is 5.91 Å². The fraction of sp³-hybridized carbons (Fsp3) is 0.562. The van der Waals surface area contributed by atoms with E-state index in [0.717, 1.165) is 23.2 Å². The largest absolute Gasteiger partial charge is 0.493 e. The maximum Gasteiger partial charge on any atom is 0.256 e. The fourth-order valence-corrected chi connectivity index (χ4v) is 2.26. The topological polar surface area (TPSA) is 47.6 Å². The quantitative estimate of drug-likeness (QED) is 0.679. The van der Waals surface area contributed by atoms with Gasteiger partial charge < -0.3 is 14.8 Å². The number of rotatable bonds is 9. The summed E-state index contributed by atoms with van der Waals surface area (Å²) in [5, 5.41) is 3.69. The summed E-state index contributed by atoms with van der Waals surface area (Å²) in [5.74, 6) is 0.675. The maximum absolute atomic E-state index is 12.4. The zero-order valence-electron chi connectivity index (χ0n) is 12.9. The summed E-state index contributed by atoms with van der Waals surface area (Å²) in [6.07, 6.45) is 1.59. The molecule has 0 radical (unpaired) electrons. The highest BCUT2D eigenvalue weighted by molar-refractivity contribution is 9.09. The number of alkyl halides is 1. The molecule has 0 aliphatic carbocycles. The number of ether oxygens (including phenoxy) is 2. The van der Waals surface area contributed by atoms with Gasteiger partial charge >= 0.3 is 0 Å². The lowest BCUT2D eigenvalue weighted by Crippen LogP contribution is -2.42. The van der Waals surface area contributed by atoms with E-state index in [1.54, 1.807) is 0 Å². The molecule has 0 saturated heterocycles. The molecule has 21 heavy (non-hydrogen) atoms. The Labute approximate surface area is 135 Å². The van der Waals surface area contributed by atoms with Gasteiger partial charge in [-0.3, -0.25) is 4.79 Å². The molecule has 1 aromatic rings. The third-order valence-electron chi connectivity index (χ3n) is 3.13. The first-order valence-electron chi connectivity index (χ1n) is 7.30. The van der Waals surface area contributed by atoms with Crippen molar-refractivity contribution in [3.05, 3.63) is 24.3 Å². The number of carbonyl (C=O) groups excluding carboxylic acids is 1. The Morgan fingerprint density at radius 3 is 2.48 bits per heavy atom. The molecular formula is C16H24BrNO3. The molecule has 5 heteroatoms. The highest BCUT2D eigenvalue weighted by atomic mass is 79.9. The molecule has 0 saturated carbocycles. The number of hydrogen-bond acceptors (Lipinski definition) is 3. The van der Waals surface area contributed by atoms with Gasteiger partial charge in [-0.15, -0.1) is 0 Å². The van der Waals surface area contributed by atoms with Crippen molar-refractivity contribution in [2.75, 3.05) is 23.9 Å². The molecule has 0 aliphatic rings. The van der Waals surface area contributed by atoms with Gasteiger partial charge in [0.05, 0.1) is 6.61 Å². The van der Waals surface area contributed by atoms with E-state index >= 15 is 0 Å². The zero-order chi connectivity index (χ0) is 15.7. The highest BCUT2D eigenvalue weighted by Crippen LogP contribution is 2.22. The van der Waals surface area contributed by atoms with Gasteiger partial charge in [0, 0.05) is 17.6 Å². The Hall–Kier alpha value is -1.07. The summed E-state index contributed by atoms with van der Waals surface area (Å²) in [7, 11) is 0. The van der Waals surface area contributed by atoms with Gasteiger partial charge in [-0.2, -0.15) is 0 Å². The van der Waals surface area contributed by atoms with E-state index in [2.05, 4.69) is 21.2 Å². The molecule has 4 nitrogen and oxygen atoms in total. The predicted octanol–water partition coefficient (Wildman–Crippen LogP) is 3.99. The summed E-state index contributed by atoms with van der Waals surface area (Å²) < 4.78 is 11.1. The smallest absolute Gasteiger partial charge is 0.256 e. The van der Waals surface area contributed by atoms with E-state index in [-0.39, 0.29) is 5.91 Å². The first kappa shape index (κ1) is 18.0. The van der Waals surface area contributed by atoms with Crippen molar-refractivity contribution in [3.63, 3.8) is 0 Å². The van der Waals surface area contributed by atoms with Crippen LogP contribution in [0.4, 0.5) is 5.69 Å². The third kappa shape index (κ3) is 5.67. The van der Waals surface area contributed by atoms with Gasteiger partial charge in [-0.25, -0.2) is 0 Å². The SMILES string of the molecule is CCC[C@](C)(OCC)C(=O)Nc1ccc(OCCBr)cc1. The average Bonchev–Trinajstić information content (AvgIpc) is 2.47. The van der Waals surface area contributed by atoms with Crippen molar-refractivity contribution in [2.45, 2.75) is 39.2 Å². The standard InChI is InChI=1S/C16H24BrNO3/c1-4-10-16(3,21-5-2)15(19)18-13-6-8-14(9-7-13)20-12-11-17/h6-9H,4-5,10-12H2,1-3H3,(H,18,19)/t16-/m0/s1. The maximum atomic E-state index is 12.4. The van der Waals surface area contributed by atoms with Crippen molar-refractivity contribution in [1.29, 1.82) is 0 Å². The molecule has 1 aromatic carbocycles. The number of carbonyl (C=O) groups is 1. The summed E-state index contributed by atoms with van der Waals surface area (Å²) in [4.78, 5) is 12.4. The molecule has 0 unspecified atom stereocenters. The van der Waals surface area contributed by atoms with Crippen LogP contribution in [0.3, 0.4) is 0 Å². The van der Waals surface area contributed by atoms with E-state index < -0.39 is 5.60 Å². The van der Waals surface area contributed by atoms with Crippen molar-refractivity contribution in [2.24, 2.45) is 0 Å². The van der Waals surface area contributed by atoms with Gasteiger partial charge in [0.2, 0.25) is 0 Å². The van der Waals surface area contributed by atoms with Crippen LogP contribution in [-0.4, -0.2) is 30.1 Å². The normalized spacial score (nSPS) is 13.5. The van der Waals surface area contributed by atoms with Gasteiger partial charge in [0.15, 0.2) is 0 Å². The molecular weight excluding hydrogens is 334 g/mol. The van der Waals surface area contributed by atoms with Crippen molar-refractivity contribution in [3.8, 4) is 5.75 Å². The second kappa shape index (κ2) is 9.05. The monoisotopic (exact) mass is 357 g/mol. The van der Waals surface area contributed by atoms with Crippen LogP contribution in [-0.2, 0) is 9.53 Å². The molecule has 1 amide bonds. The second-order valence-corrected chi connectivity index (χ2v) is 5.72. The van der Waals surface area contributed by atoms with Crippen LogP contribution in [0.25, 0.3) is 0 Å². The van der Waals surface area contributed by atoms with Gasteiger partial charge in [0.1, 0.15) is 11.4 Å². The molecule has 1 N–H and O–H groups in total. The number of hydrogen-bond donors (Lipinski definition) is 1.